The van der Waals surface area contributed by atoms with Crippen molar-refractivity contribution in [2.75, 3.05) is 26.8 Å². The topological polar surface area (TPSA) is 65.0 Å². The minimum Gasteiger partial charge on any atom is -0.496 e. The molecule has 140 valence electrons. The Labute approximate surface area is 158 Å². The van der Waals surface area contributed by atoms with Gasteiger partial charge in [-0.15, -0.1) is 0 Å². The summed E-state index contributed by atoms with van der Waals surface area (Å²) in [6.07, 6.45) is 1.67. The van der Waals surface area contributed by atoms with E-state index in [1.165, 1.54) is 5.56 Å². The Morgan fingerprint density at radius 3 is 2.30 bits per heavy atom. The Hall–Kier alpha value is -3.28. The van der Waals surface area contributed by atoms with Gasteiger partial charge in [-0.1, -0.05) is 12.1 Å². The molecule has 0 atom stereocenters. The third kappa shape index (κ3) is 3.95. The first-order valence-corrected chi connectivity index (χ1v) is 8.52. The minimum absolute atomic E-state index is 0.599. The lowest BCUT2D eigenvalue weighted by Crippen LogP contribution is -1.99. The van der Waals surface area contributed by atoms with Crippen LogP contribution in [-0.4, -0.2) is 32.5 Å². The lowest BCUT2D eigenvalue weighted by molar-refractivity contribution is 0.349. The Kier molecular flexibility index (Phi) is 5.45. The van der Waals surface area contributed by atoms with Crippen molar-refractivity contribution in [3.8, 4) is 17.2 Å². The molecule has 0 amide bonds. The van der Waals surface area contributed by atoms with Gasteiger partial charge in [0.1, 0.15) is 11.6 Å². The van der Waals surface area contributed by atoms with E-state index >= 15 is 0 Å². The number of nitrogens with one attached hydrogen (secondary N) is 1. The molecule has 27 heavy (non-hydrogen) atoms. The molecular formula is C21H23N3O3. The van der Waals surface area contributed by atoms with Crippen LogP contribution in [0.5, 0.6) is 17.2 Å². The molecule has 2 aromatic carbocycles. The Morgan fingerprint density at radius 1 is 0.889 bits per heavy atom. The molecular weight excluding hydrogens is 342 g/mol. The summed E-state index contributed by atoms with van der Waals surface area (Å²) in [7, 11) is 4.78. The van der Waals surface area contributed by atoms with Gasteiger partial charge < -0.3 is 14.2 Å². The summed E-state index contributed by atoms with van der Waals surface area (Å²) in [5, 5.41) is 5.43. The lowest BCUT2D eigenvalue weighted by atomic mass is 10.1. The molecule has 0 aliphatic rings. The van der Waals surface area contributed by atoms with Crippen LogP contribution < -0.4 is 19.6 Å². The molecule has 0 unspecified atom stereocenters. The molecule has 0 fully saturated rings. The van der Waals surface area contributed by atoms with Crippen molar-refractivity contribution < 1.29 is 14.2 Å². The Morgan fingerprint density at radius 2 is 1.59 bits per heavy atom. The molecule has 0 aliphatic heterocycles. The average molecular weight is 365 g/mol. The van der Waals surface area contributed by atoms with Crippen LogP contribution in [0.2, 0.25) is 0 Å². The van der Waals surface area contributed by atoms with Crippen molar-refractivity contribution in [1.82, 2.24) is 4.98 Å². The smallest absolute Gasteiger partial charge is 0.164 e. The molecule has 0 saturated carbocycles. The van der Waals surface area contributed by atoms with Crippen LogP contribution in [0.1, 0.15) is 16.7 Å². The van der Waals surface area contributed by atoms with Crippen molar-refractivity contribution in [2.45, 2.75) is 13.8 Å². The van der Waals surface area contributed by atoms with Gasteiger partial charge in [0.25, 0.3) is 0 Å². The molecule has 3 aromatic rings. The van der Waals surface area contributed by atoms with Crippen LogP contribution >= 0.6 is 0 Å². The van der Waals surface area contributed by atoms with Gasteiger partial charge in [0, 0.05) is 17.0 Å². The number of pyridine rings is 1. The van der Waals surface area contributed by atoms with Crippen molar-refractivity contribution >= 4 is 22.9 Å². The number of aryl methyl sites for hydroxylation is 2. The van der Waals surface area contributed by atoms with E-state index in [1.807, 2.05) is 13.0 Å². The van der Waals surface area contributed by atoms with E-state index in [9.17, 15) is 0 Å². The summed E-state index contributed by atoms with van der Waals surface area (Å²) in [5.74, 6) is 2.55. The van der Waals surface area contributed by atoms with E-state index in [2.05, 4.69) is 46.7 Å². The van der Waals surface area contributed by atoms with Crippen LogP contribution in [0.4, 0.5) is 5.82 Å². The highest BCUT2D eigenvalue weighted by atomic mass is 16.5. The van der Waals surface area contributed by atoms with Gasteiger partial charge in [0.15, 0.2) is 11.5 Å². The zero-order valence-corrected chi connectivity index (χ0v) is 16.2. The van der Waals surface area contributed by atoms with Gasteiger partial charge in [0.05, 0.1) is 33.1 Å². The first-order chi connectivity index (χ1) is 13.0. The number of fused-ring (bicyclic) bond motifs is 1. The second kappa shape index (κ2) is 7.95. The molecule has 6 heteroatoms. The Bertz CT molecular complexity index is 1000. The van der Waals surface area contributed by atoms with Gasteiger partial charge in [0.2, 0.25) is 0 Å². The average Bonchev–Trinajstić information content (AvgIpc) is 2.68. The number of nitrogens with zero attached hydrogens (tertiary/aromatic N) is 2. The predicted molar refractivity (Wildman–Crippen MR) is 109 cm³/mol. The number of benzene rings is 2. The third-order valence-corrected chi connectivity index (χ3v) is 4.27. The third-order valence-electron chi connectivity index (χ3n) is 4.27. The highest BCUT2D eigenvalue weighted by Gasteiger charge is 2.10. The summed E-state index contributed by atoms with van der Waals surface area (Å²) < 4.78 is 16.1. The fraction of sp³-hybridized carbons (Fsp3) is 0.238. The standard InChI is InChI=1S/C21H23N3O3/c1-13-6-7-15-9-14(2)21(23-17(15)8-13)24-22-12-16-10-19(26-4)20(27-5)11-18(16)25-3/h6-12H,1-5H3,(H,23,24). The van der Waals surface area contributed by atoms with Gasteiger partial charge in [-0.3, -0.25) is 5.43 Å². The first kappa shape index (κ1) is 18.5. The van der Waals surface area contributed by atoms with Gasteiger partial charge in [-0.2, -0.15) is 5.10 Å². The molecule has 0 spiro atoms. The van der Waals surface area contributed by atoms with Crippen molar-refractivity contribution in [1.29, 1.82) is 0 Å². The molecule has 0 saturated heterocycles. The molecule has 0 aliphatic carbocycles. The van der Waals surface area contributed by atoms with Crippen LogP contribution in [-0.2, 0) is 0 Å². The maximum atomic E-state index is 5.41. The Balaban J connectivity index is 1.89. The molecule has 3 rings (SSSR count). The highest BCUT2D eigenvalue weighted by molar-refractivity contribution is 5.86. The maximum Gasteiger partial charge on any atom is 0.164 e. The summed E-state index contributed by atoms with van der Waals surface area (Å²) >= 11 is 0. The van der Waals surface area contributed by atoms with Gasteiger partial charge in [-0.25, -0.2) is 4.98 Å². The zero-order chi connectivity index (χ0) is 19.4. The lowest BCUT2D eigenvalue weighted by Gasteiger charge is -2.12. The van der Waals surface area contributed by atoms with E-state index in [0.717, 1.165) is 22.0 Å². The number of methoxy groups -OCH3 is 3. The molecule has 0 radical (unpaired) electrons. The molecule has 1 aromatic heterocycles. The zero-order valence-electron chi connectivity index (χ0n) is 16.2. The maximum absolute atomic E-state index is 5.41. The van der Waals surface area contributed by atoms with E-state index in [1.54, 1.807) is 33.6 Å². The summed E-state index contributed by atoms with van der Waals surface area (Å²) in [5.41, 5.74) is 6.90. The fourth-order valence-electron chi connectivity index (χ4n) is 2.81. The quantitative estimate of drug-likeness (QED) is 0.520. The van der Waals surface area contributed by atoms with E-state index in [4.69, 9.17) is 14.2 Å². The number of hydrazone groups is 1. The number of anilines is 1. The largest absolute Gasteiger partial charge is 0.496 e. The normalized spacial score (nSPS) is 11.0. The van der Waals surface area contributed by atoms with E-state index in [-0.39, 0.29) is 0 Å². The molecule has 0 bridgehead atoms. The number of rotatable bonds is 6. The summed E-state index contributed by atoms with van der Waals surface area (Å²) in [6.45, 7) is 4.05. The minimum atomic E-state index is 0.599. The second-order valence-electron chi connectivity index (χ2n) is 6.17. The van der Waals surface area contributed by atoms with Crippen molar-refractivity contribution in [3.63, 3.8) is 0 Å². The van der Waals surface area contributed by atoms with Crippen LogP contribution in [0.3, 0.4) is 0 Å². The fourth-order valence-corrected chi connectivity index (χ4v) is 2.81. The van der Waals surface area contributed by atoms with E-state index in [0.29, 0.717) is 23.1 Å². The predicted octanol–water partition coefficient (Wildman–Crippen LogP) is 4.32. The number of ether oxygens (including phenoxy) is 3. The highest BCUT2D eigenvalue weighted by Crippen LogP contribution is 2.33. The monoisotopic (exact) mass is 365 g/mol. The van der Waals surface area contributed by atoms with Crippen molar-refractivity contribution in [2.24, 2.45) is 5.10 Å². The van der Waals surface area contributed by atoms with Gasteiger partial charge >= 0.3 is 0 Å². The number of hydrogen-bond donors (Lipinski definition) is 1. The number of hydrogen-bond acceptors (Lipinski definition) is 6. The van der Waals surface area contributed by atoms with E-state index < -0.39 is 0 Å². The summed E-state index contributed by atoms with van der Waals surface area (Å²) in [4.78, 5) is 4.67. The number of aromatic nitrogens is 1. The molecule has 1 N–H and O–H groups in total. The second-order valence-corrected chi connectivity index (χ2v) is 6.17. The van der Waals surface area contributed by atoms with Crippen LogP contribution in [0.15, 0.2) is 41.5 Å². The van der Waals surface area contributed by atoms with Crippen LogP contribution in [0, 0.1) is 13.8 Å². The summed E-state index contributed by atoms with van der Waals surface area (Å²) in [6, 6.07) is 11.9. The van der Waals surface area contributed by atoms with Crippen LogP contribution in [0.25, 0.3) is 10.9 Å². The van der Waals surface area contributed by atoms with Crippen molar-refractivity contribution in [3.05, 3.63) is 53.1 Å². The molecule has 1 heterocycles. The first-order valence-electron chi connectivity index (χ1n) is 8.52. The SMILES string of the molecule is COc1cc(OC)c(OC)cc1C=NNc1nc2cc(C)ccc2cc1C. The molecule has 6 nitrogen and oxygen atoms in total. The van der Waals surface area contributed by atoms with Gasteiger partial charge in [-0.05, 0) is 43.2 Å².